The summed E-state index contributed by atoms with van der Waals surface area (Å²) in [6.07, 6.45) is -10.3. The molecule has 6 nitrogen and oxygen atoms in total. The highest BCUT2D eigenvalue weighted by molar-refractivity contribution is 5.26. The zero-order valence-corrected chi connectivity index (χ0v) is 17.8. The van der Waals surface area contributed by atoms with Crippen molar-refractivity contribution in [3.63, 3.8) is 0 Å². The molecule has 2 aromatic carbocycles. The Morgan fingerprint density at radius 1 is 0.765 bits per heavy atom. The van der Waals surface area contributed by atoms with Crippen molar-refractivity contribution in [2.45, 2.75) is 55.7 Å². The molecule has 0 radical (unpaired) electrons. The first-order valence-electron chi connectivity index (χ1n) is 10.1. The summed E-state index contributed by atoms with van der Waals surface area (Å²) in [6.45, 7) is -0.00102. The molecule has 2 aromatic rings. The van der Waals surface area contributed by atoms with Crippen molar-refractivity contribution in [1.29, 1.82) is 0 Å². The molecule has 12 heteroatoms. The molecular formula is C22H24F6O6. The maximum absolute atomic E-state index is 14.3. The van der Waals surface area contributed by atoms with E-state index in [2.05, 4.69) is 0 Å². The van der Waals surface area contributed by atoms with Crippen LogP contribution in [0.15, 0.2) is 24.3 Å². The van der Waals surface area contributed by atoms with Crippen molar-refractivity contribution in [3.05, 3.63) is 70.3 Å². The van der Waals surface area contributed by atoms with Crippen molar-refractivity contribution < 1.29 is 57.0 Å². The van der Waals surface area contributed by atoms with Gasteiger partial charge in [-0.1, -0.05) is 6.92 Å². The summed E-state index contributed by atoms with van der Waals surface area (Å²) in [6, 6.07) is 1.32. The number of aliphatic hydroxyl groups excluding tert-OH is 4. The maximum Gasteiger partial charge on any atom is 0.162 e. The van der Waals surface area contributed by atoms with Gasteiger partial charge in [0.15, 0.2) is 23.3 Å². The minimum absolute atomic E-state index is 0.178. The van der Waals surface area contributed by atoms with Gasteiger partial charge in [-0.3, -0.25) is 0 Å². The third kappa shape index (κ3) is 5.53. The molecule has 0 bridgehead atoms. The van der Waals surface area contributed by atoms with Gasteiger partial charge < -0.3 is 30.6 Å². The van der Waals surface area contributed by atoms with E-state index in [1.54, 1.807) is 0 Å². The molecule has 0 aliphatic carbocycles. The van der Waals surface area contributed by atoms with Gasteiger partial charge in [-0.05, 0) is 29.7 Å². The van der Waals surface area contributed by atoms with Crippen LogP contribution in [-0.2, 0) is 12.8 Å². The van der Waals surface area contributed by atoms with Crippen LogP contribution < -0.4 is 0 Å². The summed E-state index contributed by atoms with van der Waals surface area (Å²) < 4.78 is 83.0. The summed E-state index contributed by atoms with van der Waals surface area (Å²) in [5, 5.41) is 62.5. The molecule has 0 heterocycles. The number of hydrogen-bond acceptors (Lipinski definition) is 6. The van der Waals surface area contributed by atoms with E-state index >= 15 is 0 Å². The van der Waals surface area contributed by atoms with Gasteiger partial charge in [0.1, 0.15) is 35.5 Å². The van der Waals surface area contributed by atoms with Crippen molar-refractivity contribution in [3.8, 4) is 0 Å². The van der Waals surface area contributed by atoms with Gasteiger partial charge in [-0.2, -0.15) is 0 Å². The van der Waals surface area contributed by atoms with Gasteiger partial charge in [-0.15, -0.1) is 0 Å². The molecule has 0 saturated carbocycles. The van der Waals surface area contributed by atoms with Crippen molar-refractivity contribution in [2.75, 3.05) is 6.61 Å². The van der Waals surface area contributed by atoms with E-state index in [4.69, 9.17) is 5.11 Å². The Kier molecular flexibility index (Phi) is 8.72. The Morgan fingerprint density at radius 2 is 1.21 bits per heavy atom. The third-order valence-corrected chi connectivity index (χ3v) is 5.77. The van der Waals surface area contributed by atoms with E-state index in [0.29, 0.717) is 12.1 Å². The quantitative estimate of drug-likeness (QED) is 0.217. The second-order valence-electron chi connectivity index (χ2n) is 8.12. The van der Waals surface area contributed by atoms with Gasteiger partial charge in [0.25, 0.3) is 0 Å². The van der Waals surface area contributed by atoms with Crippen LogP contribution >= 0.6 is 0 Å². The zero-order valence-electron chi connectivity index (χ0n) is 17.8. The van der Waals surface area contributed by atoms with E-state index in [-0.39, 0.29) is 12.1 Å². The molecule has 1 unspecified atom stereocenters. The lowest BCUT2D eigenvalue weighted by atomic mass is 9.72. The largest absolute Gasteiger partial charge is 0.394 e. The van der Waals surface area contributed by atoms with Crippen LogP contribution in [0.1, 0.15) is 24.5 Å². The van der Waals surface area contributed by atoms with E-state index in [9.17, 15) is 51.9 Å². The van der Waals surface area contributed by atoms with Gasteiger partial charge in [0, 0.05) is 25.0 Å². The molecule has 2 rings (SSSR count). The summed E-state index contributed by atoms with van der Waals surface area (Å²) >= 11 is 0. The van der Waals surface area contributed by atoms with Crippen molar-refractivity contribution >= 4 is 0 Å². The van der Waals surface area contributed by atoms with Crippen LogP contribution in [0.3, 0.4) is 0 Å². The number of rotatable bonds is 10. The number of halogens is 6. The molecule has 6 N–H and O–H groups in total. The standard InChI is InChI=1S/C22H24F6O6/c1-2-21(33,7-10-3-12(23)5-14(25)17(10)27)20(32)22(34,19(31)16(30)9-29)8-11-4-13(24)6-15(26)18(11)28/h3-6,16,19-20,29-34H,2,7-9H2,1H3/t16-,19+,20+,21?,22+/m0/s1. The molecule has 0 aromatic heterocycles. The molecule has 0 fully saturated rings. The SMILES string of the molecule is CCC(O)(Cc1cc(F)cc(F)c1F)[C@@H](O)[C@@](O)(Cc1cc(F)cc(F)c1F)[C@H](O)[C@@H](O)CO. The Bertz CT molecular complexity index is 1020. The van der Waals surface area contributed by atoms with Gasteiger partial charge in [0.2, 0.25) is 0 Å². The summed E-state index contributed by atoms with van der Waals surface area (Å²) in [5.41, 5.74) is -7.60. The molecule has 0 aliphatic heterocycles. The highest BCUT2D eigenvalue weighted by Gasteiger charge is 2.54. The molecule has 5 atom stereocenters. The zero-order chi connectivity index (χ0) is 26.0. The molecule has 34 heavy (non-hydrogen) atoms. The monoisotopic (exact) mass is 498 g/mol. The molecule has 0 saturated heterocycles. The lowest BCUT2D eigenvalue weighted by Crippen LogP contribution is -2.66. The first-order valence-corrected chi connectivity index (χ1v) is 10.1. The smallest absolute Gasteiger partial charge is 0.162 e. The summed E-state index contributed by atoms with van der Waals surface area (Å²) in [7, 11) is 0. The number of hydrogen-bond donors (Lipinski definition) is 6. The first-order chi connectivity index (χ1) is 15.7. The molecule has 190 valence electrons. The van der Waals surface area contributed by atoms with Gasteiger partial charge in [0.05, 0.1) is 12.2 Å². The topological polar surface area (TPSA) is 121 Å². The lowest BCUT2D eigenvalue weighted by Gasteiger charge is -2.45. The van der Waals surface area contributed by atoms with Crippen LogP contribution in [0.4, 0.5) is 26.3 Å². The maximum atomic E-state index is 14.3. The van der Waals surface area contributed by atoms with Crippen LogP contribution in [0.2, 0.25) is 0 Å². The minimum Gasteiger partial charge on any atom is -0.394 e. The lowest BCUT2D eigenvalue weighted by molar-refractivity contribution is -0.229. The van der Waals surface area contributed by atoms with Crippen molar-refractivity contribution in [2.24, 2.45) is 0 Å². The Balaban J connectivity index is 2.60. The van der Waals surface area contributed by atoms with Crippen LogP contribution in [0.25, 0.3) is 0 Å². The van der Waals surface area contributed by atoms with E-state index in [1.165, 1.54) is 6.92 Å². The summed E-state index contributed by atoms with van der Waals surface area (Å²) in [5.74, 6) is -9.11. The van der Waals surface area contributed by atoms with E-state index < -0.39 is 101 Å². The highest BCUT2D eigenvalue weighted by Crippen LogP contribution is 2.36. The predicted molar refractivity (Wildman–Crippen MR) is 105 cm³/mol. The number of benzene rings is 2. The second-order valence-corrected chi connectivity index (χ2v) is 8.12. The van der Waals surface area contributed by atoms with Crippen molar-refractivity contribution in [1.82, 2.24) is 0 Å². The second kappa shape index (κ2) is 10.6. The summed E-state index contributed by atoms with van der Waals surface area (Å²) in [4.78, 5) is 0. The fourth-order valence-electron chi connectivity index (χ4n) is 3.79. The van der Waals surface area contributed by atoms with Crippen LogP contribution in [0, 0.1) is 34.9 Å². The highest BCUT2D eigenvalue weighted by atomic mass is 19.2. The molecule has 0 spiro atoms. The van der Waals surface area contributed by atoms with Crippen LogP contribution in [-0.4, -0.2) is 66.8 Å². The normalized spacial score (nSPS) is 18.1. The Labute approximate surface area is 190 Å². The Hall–Kier alpha value is -2.22. The Morgan fingerprint density at radius 3 is 1.62 bits per heavy atom. The predicted octanol–water partition coefficient (Wildman–Crippen LogP) is 1.25. The fraction of sp³-hybridized carbons (Fsp3) is 0.455. The van der Waals surface area contributed by atoms with E-state index in [0.717, 1.165) is 0 Å². The minimum atomic E-state index is -3.21. The van der Waals surface area contributed by atoms with Gasteiger partial charge >= 0.3 is 0 Å². The molecule has 0 aliphatic rings. The fourth-order valence-corrected chi connectivity index (χ4v) is 3.79. The molecular weight excluding hydrogens is 474 g/mol. The average Bonchev–Trinajstić information content (AvgIpc) is 2.78. The average molecular weight is 498 g/mol. The number of aliphatic hydroxyl groups is 6. The van der Waals surface area contributed by atoms with E-state index in [1.807, 2.05) is 0 Å². The van der Waals surface area contributed by atoms with Crippen LogP contribution in [0.5, 0.6) is 0 Å². The molecule has 0 amide bonds. The first kappa shape index (κ1) is 28.0. The van der Waals surface area contributed by atoms with Gasteiger partial charge in [-0.25, -0.2) is 26.3 Å². The third-order valence-electron chi connectivity index (χ3n) is 5.77.